The van der Waals surface area contributed by atoms with Crippen LogP contribution in [0.4, 0.5) is 0 Å². The molecule has 0 fully saturated rings. The molecule has 0 unspecified atom stereocenters. The molecule has 3 heteroatoms. The van der Waals surface area contributed by atoms with Gasteiger partial charge in [0, 0.05) is 6.54 Å². The molecule has 3 nitrogen and oxygen atoms in total. The van der Waals surface area contributed by atoms with Crippen molar-refractivity contribution >= 4 is 5.97 Å². The van der Waals surface area contributed by atoms with E-state index in [4.69, 9.17) is 4.74 Å². The Balaban J connectivity index is 1.91. The van der Waals surface area contributed by atoms with Gasteiger partial charge in [-0.15, -0.1) is 0 Å². The molecule has 0 atom stereocenters. The lowest BCUT2D eigenvalue weighted by atomic mass is 10.1. The minimum atomic E-state index is -0.116. The maximum Gasteiger partial charge on any atom is 0.320 e. The Hall–Kier alpha value is -1.35. The van der Waals surface area contributed by atoms with Crippen LogP contribution in [-0.2, 0) is 16.1 Å². The first-order valence-electron chi connectivity index (χ1n) is 10.1. The van der Waals surface area contributed by atoms with Gasteiger partial charge >= 0.3 is 5.97 Å². The zero-order valence-electron chi connectivity index (χ0n) is 16.3. The number of esters is 1. The Morgan fingerprint density at radius 2 is 1.44 bits per heavy atom. The molecule has 0 radical (unpaired) electrons. The lowest BCUT2D eigenvalue weighted by molar-refractivity contribution is -0.144. The topological polar surface area (TPSA) is 29.5 Å². The molecule has 0 spiro atoms. The highest BCUT2D eigenvalue weighted by atomic mass is 16.5. The van der Waals surface area contributed by atoms with E-state index in [-0.39, 0.29) is 5.97 Å². The van der Waals surface area contributed by atoms with Crippen LogP contribution in [-0.4, -0.2) is 31.1 Å². The standard InChI is InChI=1S/C22H37NO2/c1-3-4-5-6-7-8-9-10-11-15-18-25-22(24)20-23(2)19-21-16-13-12-14-17-21/h12-14,16-17H,3-11,15,18-20H2,1-2H3. The summed E-state index contributed by atoms with van der Waals surface area (Å²) in [6, 6.07) is 10.2. The van der Waals surface area contributed by atoms with Crippen molar-refractivity contribution in [3.63, 3.8) is 0 Å². The Labute approximate surface area is 154 Å². The van der Waals surface area contributed by atoms with Crippen LogP contribution in [0.3, 0.4) is 0 Å². The summed E-state index contributed by atoms with van der Waals surface area (Å²) in [5.74, 6) is -0.116. The van der Waals surface area contributed by atoms with Crippen LogP contribution in [0, 0.1) is 0 Å². The van der Waals surface area contributed by atoms with Crippen LogP contribution in [0.15, 0.2) is 30.3 Å². The third-order valence-corrected chi connectivity index (χ3v) is 4.46. The molecule has 1 rings (SSSR count). The fraction of sp³-hybridized carbons (Fsp3) is 0.682. The summed E-state index contributed by atoms with van der Waals surface area (Å²) in [4.78, 5) is 13.8. The average Bonchev–Trinajstić information content (AvgIpc) is 2.60. The van der Waals surface area contributed by atoms with Gasteiger partial charge in [0.05, 0.1) is 13.2 Å². The second kappa shape index (κ2) is 14.9. The average molecular weight is 348 g/mol. The van der Waals surface area contributed by atoms with Gasteiger partial charge in [-0.1, -0.05) is 95.0 Å². The summed E-state index contributed by atoms with van der Waals surface area (Å²) in [5, 5.41) is 0. The summed E-state index contributed by atoms with van der Waals surface area (Å²) >= 11 is 0. The summed E-state index contributed by atoms with van der Waals surface area (Å²) in [6.07, 6.45) is 13.0. The highest BCUT2D eigenvalue weighted by Gasteiger charge is 2.08. The molecule has 0 N–H and O–H groups in total. The van der Waals surface area contributed by atoms with Crippen LogP contribution in [0.25, 0.3) is 0 Å². The lowest BCUT2D eigenvalue weighted by Crippen LogP contribution is -2.27. The molecule has 0 heterocycles. The van der Waals surface area contributed by atoms with Crippen LogP contribution >= 0.6 is 0 Å². The quantitative estimate of drug-likeness (QED) is 0.306. The minimum Gasteiger partial charge on any atom is -0.465 e. The van der Waals surface area contributed by atoms with Crippen molar-refractivity contribution in [1.82, 2.24) is 4.90 Å². The monoisotopic (exact) mass is 347 g/mol. The number of unbranched alkanes of at least 4 members (excludes halogenated alkanes) is 9. The van der Waals surface area contributed by atoms with Crippen molar-refractivity contribution in [3.8, 4) is 0 Å². The Morgan fingerprint density at radius 1 is 0.880 bits per heavy atom. The lowest BCUT2D eigenvalue weighted by Gasteiger charge is -2.15. The molecule has 0 aliphatic heterocycles. The number of carbonyl (C=O) groups is 1. The summed E-state index contributed by atoms with van der Waals surface area (Å²) in [6.45, 7) is 3.95. The number of ether oxygens (including phenoxy) is 1. The van der Waals surface area contributed by atoms with Gasteiger partial charge in [-0.2, -0.15) is 0 Å². The first-order valence-corrected chi connectivity index (χ1v) is 10.1. The van der Waals surface area contributed by atoms with Crippen LogP contribution in [0.1, 0.15) is 76.7 Å². The molecule has 0 bridgehead atoms. The van der Waals surface area contributed by atoms with Crippen molar-refractivity contribution in [3.05, 3.63) is 35.9 Å². The number of rotatable bonds is 15. The third kappa shape index (κ3) is 12.6. The van der Waals surface area contributed by atoms with Gasteiger partial charge in [-0.25, -0.2) is 0 Å². The van der Waals surface area contributed by atoms with E-state index in [1.54, 1.807) is 0 Å². The second-order valence-electron chi connectivity index (χ2n) is 7.06. The number of hydrogen-bond acceptors (Lipinski definition) is 3. The zero-order valence-corrected chi connectivity index (χ0v) is 16.3. The van der Waals surface area contributed by atoms with Gasteiger partial charge in [0.1, 0.15) is 0 Å². The van der Waals surface area contributed by atoms with Gasteiger partial charge in [0.2, 0.25) is 0 Å². The van der Waals surface area contributed by atoms with E-state index in [2.05, 4.69) is 19.1 Å². The van der Waals surface area contributed by atoms with Crippen LogP contribution in [0.2, 0.25) is 0 Å². The number of hydrogen-bond donors (Lipinski definition) is 0. The van der Waals surface area contributed by atoms with Crippen molar-refractivity contribution in [2.75, 3.05) is 20.2 Å². The number of likely N-dealkylation sites (N-methyl/N-ethyl adjacent to an activating group) is 1. The Bertz CT molecular complexity index is 433. The van der Waals surface area contributed by atoms with Crippen molar-refractivity contribution in [2.24, 2.45) is 0 Å². The van der Waals surface area contributed by atoms with Gasteiger partial charge < -0.3 is 4.74 Å². The van der Waals surface area contributed by atoms with E-state index in [0.717, 1.165) is 13.0 Å². The van der Waals surface area contributed by atoms with E-state index in [1.165, 1.54) is 63.4 Å². The largest absolute Gasteiger partial charge is 0.465 e. The molecule has 1 aromatic carbocycles. The molecule has 0 amide bonds. The predicted molar refractivity (Wildman–Crippen MR) is 106 cm³/mol. The Kier molecular flexibility index (Phi) is 13.0. The molecular formula is C22H37NO2. The number of carbonyl (C=O) groups excluding carboxylic acids is 1. The van der Waals surface area contributed by atoms with Crippen molar-refractivity contribution in [1.29, 1.82) is 0 Å². The Morgan fingerprint density at radius 3 is 2.04 bits per heavy atom. The van der Waals surface area contributed by atoms with Crippen LogP contribution in [0.5, 0.6) is 0 Å². The van der Waals surface area contributed by atoms with E-state index in [1.807, 2.05) is 30.1 Å². The molecule has 1 aromatic rings. The molecule has 0 saturated carbocycles. The maximum absolute atomic E-state index is 11.8. The van der Waals surface area contributed by atoms with Gasteiger partial charge in [0.15, 0.2) is 0 Å². The molecule has 0 saturated heterocycles. The molecule has 0 aliphatic rings. The molecule has 0 aromatic heterocycles. The van der Waals surface area contributed by atoms with E-state index >= 15 is 0 Å². The highest BCUT2D eigenvalue weighted by Crippen LogP contribution is 2.10. The van der Waals surface area contributed by atoms with Gasteiger partial charge in [-0.05, 0) is 19.0 Å². The summed E-state index contributed by atoms with van der Waals surface area (Å²) < 4.78 is 5.34. The fourth-order valence-electron chi connectivity index (χ4n) is 2.99. The van der Waals surface area contributed by atoms with Gasteiger partial charge in [-0.3, -0.25) is 9.69 Å². The smallest absolute Gasteiger partial charge is 0.320 e. The first-order chi connectivity index (χ1) is 12.2. The van der Waals surface area contributed by atoms with E-state index < -0.39 is 0 Å². The zero-order chi connectivity index (χ0) is 18.2. The number of benzene rings is 1. The molecule has 0 aliphatic carbocycles. The minimum absolute atomic E-state index is 0.116. The maximum atomic E-state index is 11.8. The molecule has 142 valence electrons. The predicted octanol–water partition coefficient (Wildman–Crippen LogP) is 5.58. The fourth-order valence-corrected chi connectivity index (χ4v) is 2.99. The summed E-state index contributed by atoms with van der Waals surface area (Å²) in [7, 11) is 1.95. The normalized spacial score (nSPS) is 11.0. The SMILES string of the molecule is CCCCCCCCCCCCOC(=O)CN(C)Cc1ccccc1. The summed E-state index contributed by atoms with van der Waals surface area (Å²) in [5.41, 5.74) is 1.22. The second-order valence-corrected chi connectivity index (χ2v) is 7.06. The molecule has 25 heavy (non-hydrogen) atoms. The van der Waals surface area contributed by atoms with E-state index in [0.29, 0.717) is 13.2 Å². The van der Waals surface area contributed by atoms with Crippen molar-refractivity contribution < 1.29 is 9.53 Å². The van der Waals surface area contributed by atoms with E-state index in [9.17, 15) is 4.79 Å². The highest BCUT2D eigenvalue weighted by molar-refractivity contribution is 5.71. The number of nitrogens with zero attached hydrogens (tertiary/aromatic N) is 1. The van der Waals surface area contributed by atoms with Crippen LogP contribution < -0.4 is 0 Å². The van der Waals surface area contributed by atoms with Gasteiger partial charge in [0.25, 0.3) is 0 Å². The molecular weight excluding hydrogens is 310 g/mol. The first kappa shape index (κ1) is 21.7. The van der Waals surface area contributed by atoms with Crippen molar-refractivity contribution in [2.45, 2.75) is 77.7 Å². The third-order valence-electron chi connectivity index (χ3n) is 4.46.